The topological polar surface area (TPSA) is 46.1 Å². The molecule has 1 atom stereocenters. The van der Waals surface area contributed by atoms with Crippen molar-refractivity contribution in [3.63, 3.8) is 0 Å². The normalized spacial score (nSPS) is 11.8. The fourth-order valence-electron chi connectivity index (χ4n) is 3.02. The van der Waals surface area contributed by atoms with Crippen molar-refractivity contribution in [1.29, 1.82) is 0 Å². The van der Waals surface area contributed by atoms with Gasteiger partial charge in [0.2, 0.25) is 5.91 Å². The van der Waals surface area contributed by atoms with Crippen LogP contribution in [0.1, 0.15) is 22.6 Å². The maximum Gasteiger partial charge on any atom is 0.230 e. The Bertz CT molecular complexity index is 854. The van der Waals surface area contributed by atoms with E-state index < -0.39 is 0 Å². The second-order valence-corrected chi connectivity index (χ2v) is 6.97. The van der Waals surface area contributed by atoms with Crippen LogP contribution in [0.5, 0.6) is 0 Å². The molecule has 1 unspecified atom stereocenters. The largest absolute Gasteiger partial charge is 0.345 e. The Kier molecular flexibility index (Phi) is 6.55. The maximum absolute atomic E-state index is 13.2. The number of hydrogen-bond acceptors (Lipinski definition) is 3. The van der Waals surface area contributed by atoms with Crippen LogP contribution in [0.4, 0.5) is 0 Å². The van der Waals surface area contributed by atoms with Crippen molar-refractivity contribution >= 4 is 17.5 Å². The summed E-state index contributed by atoms with van der Waals surface area (Å²) in [5, 5.41) is 0.667. The predicted molar refractivity (Wildman–Crippen MR) is 108 cm³/mol. The molecule has 4 nitrogen and oxygen atoms in total. The first-order chi connectivity index (χ1) is 13.1. The van der Waals surface area contributed by atoms with Gasteiger partial charge >= 0.3 is 0 Å². The van der Waals surface area contributed by atoms with Gasteiger partial charge in [0.05, 0.1) is 5.92 Å². The lowest BCUT2D eigenvalue weighted by Crippen LogP contribution is -2.34. The highest BCUT2D eigenvalue weighted by atomic mass is 35.5. The van der Waals surface area contributed by atoms with Crippen LogP contribution in [0, 0.1) is 0 Å². The molecule has 0 aliphatic rings. The Balaban J connectivity index is 1.76. The fraction of sp³-hybridized carbons (Fsp3) is 0.227. The molecule has 0 aliphatic carbocycles. The molecule has 5 heteroatoms. The highest BCUT2D eigenvalue weighted by molar-refractivity contribution is 6.30. The maximum atomic E-state index is 13.2. The third-order valence-corrected chi connectivity index (χ3v) is 4.87. The van der Waals surface area contributed by atoms with Gasteiger partial charge in [-0.2, -0.15) is 0 Å². The number of hydrogen-bond donors (Lipinski definition) is 0. The second kappa shape index (κ2) is 9.28. The molecule has 1 amide bonds. The summed E-state index contributed by atoms with van der Waals surface area (Å²) >= 11 is 6.03. The number of rotatable bonds is 7. The lowest BCUT2D eigenvalue weighted by atomic mass is 9.91. The smallest absolute Gasteiger partial charge is 0.230 e. The summed E-state index contributed by atoms with van der Waals surface area (Å²) in [5.74, 6) is -0.157. The van der Waals surface area contributed by atoms with Crippen molar-refractivity contribution in [3.8, 4) is 0 Å². The van der Waals surface area contributed by atoms with Gasteiger partial charge in [-0.05, 0) is 65.9 Å². The molecule has 27 heavy (non-hydrogen) atoms. The van der Waals surface area contributed by atoms with E-state index in [4.69, 9.17) is 11.6 Å². The van der Waals surface area contributed by atoms with Crippen LogP contribution in [-0.2, 0) is 17.6 Å². The first-order valence-electron chi connectivity index (χ1n) is 8.92. The van der Waals surface area contributed by atoms with Crippen molar-refractivity contribution in [2.45, 2.75) is 18.8 Å². The number of halogens is 1. The summed E-state index contributed by atoms with van der Waals surface area (Å²) in [4.78, 5) is 23.1. The average molecular weight is 380 g/mol. The molecule has 1 aromatic carbocycles. The van der Waals surface area contributed by atoms with Crippen LogP contribution >= 0.6 is 11.6 Å². The average Bonchev–Trinajstić information content (AvgIpc) is 2.72. The van der Waals surface area contributed by atoms with E-state index in [1.54, 1.807) is 29.7 Å². The van der Waals surface area contributed by atoms with Crippen molar-refractivity contribution < 1.29 is 4.79 Å². The van der Waals surface area contributed by atoms with E-state index in [9.17, 15) is 4.79 Å². The van der Waals surface area contributed by atoms with E-state index in [0.717, 1.165) is 17.5 Å². The van der Waals surface area contributed by atoms with Crippen LogP contribution in [-0.4, -0.2) is 34.4 Å². The van der Waals surface area contributed by atoms with Gasteiger partial charge in [0.25, 0.3) is 0 Å². The third kappa shape index (κ3) is 5.38. The Labute approximate surface area is 164 Å². The number of benzene rings is 1. The summed E-state index contributed by atoms with van der Waals surface area (Å²) in [7, 11) is 1.86. The minimum atomic E-state index is -0.257. The molecule has 0 saturated carbocycles. The predicted octanol–water partition coefficient (Wildman–Crippen LogP) is 4.16. The Hall–Kier alpha value is -2.72. The van der Waals surface area contributed by atoms with Gasteiger partial charge in [-0.15, -0.1) is 0 Å². The quantitative estimate of drug-likeness (QED) is 0.619. The molecule has 3 rings (SSSR count). The van der Waals surface area contributed by atoms with E-state index in [-0.39, 0.29) is 11.8 Å². The standard InChI is InChI=1S/C22H22ClN3O/c1-26(15-10-17-6-11-24-12-7-17)22(27)21(16-18-8-13-25-14-9-18)19-2-4-20(23)5-3-19/h2-9,11-14,21H,10,15-16H2,1H3. The summed E-state index contributed by atoms with van der Waals surface area (Å²) < 4.78 is 0. The van der Waals surface area contributed by atoms with E-state index in [0.29, 0.717) is 18.0 Å². The molecule has 0 saturated heterocycles. The summed E-state index contributed by atoms with van der Waals surface area (Å²) in [6.45, 7) is 0.656. The summed E-state index contributed by atoms with van der Waals surface area (Å²) in [5.41, 5.74) is 3.22. The van der Waals surface area contributed by atoms with Gasteiger partial charge in [-0.25, -0.2) is 0 Å². The number of carbonyl (C=O) groups is 1. The molecule has 0 aliphatic heterocycles. The van der Waals surface area contributed by atoms with Gasteiger partial charge < -0.3 is 4.90 Å². The van der Waals surface area contributed by atoms with E-state index >= 15 is 0 Å². The highest BCUT2D eigenvalue weighted by Gasteiger charge is 2.24. The number of carbonyl (C=O) groups excluding carboxylic acids is 1. The van der Waals surface area contributed by atoms with Crippen LogP contribution in [0.25, 0.3) is 0 Å². The van der Waals surface area contributed by atoms with Gasteiger partial charge in [0.15, 0.2) is 0 Å². The van der Waals surface area contributed by atoms with E-state index in [2.05, 4.69) is 9.97 Å². The summed E-state index contributed by atoms with van der Waals surface area (Å²) in [6.07, 6.45) is 8.49. The molecular weight excluding hydrogens is 358 g/mol. The number of pyridine rings is 2. The van der Waals surface area contributed by atoms with Crippen molar-refractivity contribution in [2.24, 2.45) is 0 Å². The molecule has 138 valence electrons. The molecule has 0 radical (unpaired) electrons. The van der Waals surface area contributed by atoms with Crippen LogP contribution in [0.2, 0.25) is 5.02 Å². The minimum Gasteiger partial charge on any atom is -0.345 e. The van der Waals surface area contributed by atoms with Gasteiger partial charge in [0.1, 0.15) is 0 Å². The SMILES string of the molecule is CN(CCc1ccncc1)C(=O)C(Cc1ccncc1)c1ccc(Cl)cc1. The third-order valence-electron chi connectivity index (χ3n) is 4.62. The van der Waals surface area contributed by atoms with Crippen molar-refractivity contribution in [1.82, 2.24) is 14.9 Å². The molecule has 0 fully saturated rings. The van der Waals surface area contributed by atoms with E-state index in [1.807, 2.05) is 55.6 Å². The zero-order valence-electron chi connectivity index (χ0n) is 15.3. The van der Waals surface area contributed by atoms with Crippen LogP contribution in [0.3, 0.4) is 0 Å². The zero-order chi connectivity index (χ0) is 19.1. The molecule has 2 aromatic heterocycles. The minimum absolute atomic E-state index is 0.100. The first-order valence-corrected chi connectivity index (χ1v) is 9.29. The Morgan fingerprint density at radius 1 is 0.926 bits per heavy atom. The van der Waals surface area contributed by atoms with Crippen molar-refractivity contribution in [2.75, 3.05) is 13.6 Å². The Morgan fingerprint density at radius 2 is 1.48 bits per heavy atom. The number of aromatic nitrogens is 2. The molecule has 0 N–H and O–H groups in total. The Morgan fingerprint density at radius 3 is 2.07 bits per heavy atom. The van der Waals surface area contributed by atoms with Crippen LogP contribution in [0.15, 0.2) is 73.3 Å². The highest BCUT2D eigenvalue weighted by Crippen LogP contribution is 2.25. The van der Waals surface area contributed by atoms with E-state index in [1.165, 1.54) is 5.56 Å². The van der Waals surface area contributed by atoms with Crippen LogP contribution < -0.4 is 0 Å². The number of amides is 1. The lowest BCUT2D eigenvalue weighted by molar-refractivity contribution is -0.131. The summed E-state index contributed by atoms with van der Waals surface area (Å²) in [6, 6.07) is 15.4. The molecular formula is C22H22ClN3O. The van der Waals surface area contributed by atoms with Gasteiger partial charge in [-0.3, -0.25) is 14.8 Å². The second-order valence-electron chi connectivity index (χ2n) is 6.53. The molecule has 3 aromatic rings. The lowest BCUT2D eigenvalue weighted by Gasteiger charge is -2.24. The molecule has 2 heterocycles. The first kappa shape index (κ1) is 19.1. The van der Waals surface area contributed by atoms with Gasteiger partial charge in [-0.1, -0.05) is 23.7 Å². The van der Waals surface area contributed by atoms with Gasteiger partial charge in [0, 0.05) is 43.4 Å². The monoisotopic (exact) mass is 379 g/mol. The molecule has 0 bridgehead atoms. The number of likely N-dealkylation sites (N-methyl/N-ethyl adjacent to an activating group) is 1. The van der Waals surface area contributed by atoms with Crippen molar-refractivity contribution in [3.05, 3.63) is 95.0 Å². The molecule has 0 spiro atoms. The number of nitrogens with zero attached hydrogens (tertiary/aromatic N) is 3. The zero-order valence-corrected chi connectivity index (χ0v) is 16.0. The fourth-order valence-corrected chi connectivity index (χ4v) is 3.15.